The molecule has 4 aromatic carbocycles. The monoisotopic (exact) mass is 601 g/mol. The Balaban J connectivity index is 1.27. The molecule has 0 bridgehead atoms. The molecule has 0 radical (unpaired) electrons. The van der Waals surface area contributed by atoms with Gasteiger partial charge >= 0.3 is 0 Å². The van der Waals surface area contributed by atoms with Gasteiger partial charge in [0.05, 0.1) is 17.3 Å². The van der Waals surface area contributed by atoms with Crippen LogP contribution in [0.3, 0.4) is 0 Å². The Hall–Kier alpha value is -3.88. The van der Waals surface area contributed by atoms with E-state index in [1.165, 1.54) is 10.3 Å². The average molecular weight is 603 g/mol. The molecule has 1 heterocycles. The molecule has 39 heavy (non-hydrogen) atoms. The van der Waals surface area contributed by atoms with Gasteiger partial charge in [-0.2, -0.15) is 0 Å². The van der Waals surface area contributed by atoms with Gasteiger partial charge in [-0.15, -0.1) is 11.3 Å². The van der Waals surface area contributed by atoms with Gasteiger partial charge in [-0.25, -0.2) is 4.98 Å². The smallest absolute Gasteiger partial charge is 0.262 e. The molecule has 2 N–H and O–H groups in total. The highest BCUT2D eigenvalue weighted by Gasteiger charge is 2.17. The minimum Gasteiger partial charge on any atom is -0.493 e. The van der Waals surface area contributed by atoms with Crippen molar-refractivity contribution in [2.75, 3.05) is 24.4 Å². The lowest BCUT2D eigenvalue weighted by Crippen LogP contribution is -2.21. The zero-order chi connectivity index (χ0) is 27.4. The Bertz CT molecular complexity index is 1620. The predicted molar refractivity (Wildman–Crippen MR) is 163 cm³/mol. The van der Waals surface area contributed by atoms with E-state index in [0.29, 0.717) is 18.0 Å². The first-order chi connectivity index (χ1) is 18.9. The molecule has 6 nitrogen and oxygen atoms in total. The van der Waals surface area contributed by atoms with E-state index < -0.39 is 0 Å². The van der Waals surface area contributed by atoms with Crippen LogP contribution >= 0.6 is 27.3 Å². The molecule has 0 aliphatic carbocycles. The number of aromatic nitrogens is 1. The second kappa shape index (κ2) is 11.9. The average Bonchev–Trinajstić information content (AvgIpc) is 3.36. The maximum Gasteiger partial charge on any atom is 0.262 e. The second-order valence-electron chi connectivity index (χ2n) is 9.18. The van der Waals surface area contributed by atoms with Gasteiger partial charge < -0.3 is 20.1 Å². The number of nitrogens with zero attached hydrogens (tertiary/aromatic N) is 1. The van der Waals surface area contributed by atoms with Crippen LogP contribution in [-0.2, 0) is 11.3 Å². The summed E-state index contributed by atoms with van der Waals surface area (Å²) in [4.78, 5) is 17.3. The highest BCUT2D eigenvalue weighted by molar-refractivity contribution is 9.10. The maximum atomic E-state index is 12.6. The van der Waals surface area contributed by atoms with Crippen molar-refractivity contribution >= 4 is 54.8 Å². The molecule has 0 atom stereocenters. The number of anilines is 2. The molecule has 0 aliphatic heterocycles. The van der Waals surface area contributed by atoms with Crippen LogP contribution in [0.15, 0.2) is 83.3 Å². The van der Waals surface area contributed by atoms with Crippen molar-refractivity contribution in [3.8, 4) is 22.1 Å². The Morgan fingerprint density at radius 3 is 2.38 bits per heavy atom. The SMILES string of the molecule is COc1ccc(Br)c(CNc2ccc(-c3nc4ccc(C)cc4s3)cc2)c1OCC(=O)Nc1ccc(C)cc1. The van der Waals surface area contributed by atoms with Gasteiger partial charge in [0.2, 0.25) is 0 Å². The Labute approximate surface area is 240 Å². The van der Waals surface area contributed by atoms with E-state index in [2.05, 4.69) is 63.8 Å². The minimum atomic E-state index is -0.250. The molecule has 8 heteroatoms. The number of hydrogen-bond acceptors (Lipinski definition) is 6. The first-order valence-electron chi connectivity index (χ1n) is 12.5. The van der Waals surface area contributed by atoms with Gasteiger partial charge in [0.25, 0.3) is 5.91 Å². The number of halogens is 1. The van der Waals surface area contributed by atoms with E-state index in [0.717, 1.165) is 43.1 Å². The molecule has 5 rings (SSSR count). The van der Waals surface area contributed by atoms with Gasteiger partial charge in [-0.3, -0.25) is 4.79 Å². The molecular weight excluding hydrogens is 574 g/mol. The fourth-order valence-electron chi connectivity index (χ4n) is 4.11. The molecule has 198 valence electrons. The van der Waals surface area contributed by atoms with Crippen LogP contribution in [0, 0.1) is 13.8 Å². The Morgan fingerprint density at radius 1 is 0.923 bits per heavy atom. The fourth-order valence-corrected chi connectivity index (χ4v) is 5.64. The van der Waals surface area contributed by atoms with E-state index in [1.807, 2.05) is 55.5 Å². The van der Waals surface area contributed by atoms with Crippen molar-refractivity contribution in [3.05, 3.63) is 100 Å². The molecular formula is C31H28BrN3O3S. The highest BCUT2D eigenvalue weighted by atomic mass is 79.9. The molecule has 5 aromatic rings. The van der Waals surface area contributed by atoms with E-state index in [9.17, 15) is 4.79 Å². The minimum absolute atomic E-state index is 0.149. The lowest BCUT2D eigenvalue weighted by Gasteiger charge is -2.17. The third kappa shape index (κ3) is 6.41. The van der Waals surface area contributed by atoms with Gasteiger partial charge in [0, 0.05) is 33.5 Å². The summed E-state index contributed by atoms with van der Waals surface area (Å²) in [7, 11) is 1.59. The number of hydrogen-bond donors (Lipinski definition) is 2. The molecule has 0 saturated heterocycles. The van der Waals surface area contributed by atoms with E-state index in [4.69, 9.17) is 14.5 Å². The Kier molecular flexibility index (Phi) is 8.14. The van der Waals surface area contributed by atoms with Crippen LogP contribution in [0.5, 0.6) is 11.5 Å². The summed E-state index contributed by atoms with van der Waals surface area (Å²) in [5.74, 6) is 0.819. The van der Waals surface area contributed by atoms with Crippen LogP contribution in [0.2, 0.25) is 0 Å². The van der Waals surface area contributed by atoms with Crippen molar-refractivity contribution < 1.29 is 14.3 Å². The summed E-state index contributed by atoms with van der Waals surface area (Å²) < 4.78 is 13.6. The number of carbonyl (C=O) groups is 1. The van der Waals surface area contributed by atoms with Crippen molar-refractivity contribution in [1.82, 2.24) is 4.98 Å². The number of aryl methyl sites for hydroxylation is 2. The zero-order valence-electron chi connectivity index (χ0n) is 21.9. The molecule has 0 saturated carbocycles. The number of benzene rings is 4. The summed E-state index contributed by atoms with van der Waals surface area (Å²) in [6.07, 6.45) is 0. The quantitative estimate of drug-likeness (QED) is 0.179. The summed E-state index contributed by atoms with van der Waals surface area (Å²) in [6.45, 7) is 4.41. The van der Waals surface area contributed by atoms with Gasteiger partial charge in [0.15, 0.2) is 18.1 Å². The topological polar surface area (TPSA) is 72.5 Å². The normalized spacial score (nSPS) is 10.9. The number of fused-ring (bicyclic) bond motifs is 1. The Morgan fingerprint density at radius 2 is 1.64 bits per heavy atom. The maximum absolute atomic E-state index is 12.6. The summed E-state index contributed by atoms with van der Waals surface area (Å²) in [6, 6.07) is 25.9. The van der Waals surface area contributed by atoms with Crippen molar-refractivity contribution in [2.24, 2.45) is 0 Å². The first-order valence-corrected chi connectivity index (χ1v) is 14.1. The molecule has 0 aliphatic rings. The lowest BCUT2D eigenvalue weighted by atomic mass is 10.1. The third-order valence-electron chi connectivity index (χ3n) is 6.22. The molecule has 0 spiro atoms. The van der Waals surface area contributed by atoms with E-state index in [1.54, 1.807) is 18.4 Å². The molecule has 0 unspecified atom stereocenters. The number of carbonyl (C=O) groups excluding carboxylic acids is 1. The summed E-state index contributed by atoms with van der Waals surface area (Å²) in [5.41, 5.74) is 6.98. The number of ether oxygens (including phenoxy) is 2. The highest BCUT2D eigenvalue weighted by Crippen LogP contribution is 2.37. The van der Waals surface area contributed by atoms with Crippen LogP contribution in [-0.4, -0.2) is 24.6 Å². The van der Waals surface area contributed by atoms with E-state index >= 15 is 0 Å². The van der Waals surface area contributed by atoms with E-state index in [-0.39, 0.29) is 12.5 Å². The van der Waals surface area contributed by atoms with Gasteiger partial charge in [0.1, 0.15) is 5.01 Å². The van der Waals surface area contributed by atoms with Gasteiger partial charge in [-0.1, -0.05) is 39.7 Å². The van der Waals surface area contributed by atoms with Crippen LogP contribution in [0.4, 0.5) is 11.4 Å². The van der Waals surface area contributed by atoms with Crippen LogP contribution in [0.1, 0.15) is 16.7 Å². The number of nitrogens with one attached hydrogen (secondary N) is 2. The lowest BCUT2D eigenvalue weighted by molar-refractivity contribution is -0.118. The van der Waals surface area contributed by atoms with Crippen molar-refractivity contribution in [3.63, 3.8) is 0 Å². The molecule has 1 amide bonds. The van der Waals surface area contributed by atoms with Gasteiger partial charge in [-0.05, 0) is 80.1 Å². The third-order valence-corrected chi connectivity index (χ3v) is 8.03. The zero-order valence-corrected chi connectivity index (χ0v) is 24.3. The first kappa shape index (κ1) is 26.7. The standard InChI is InChI=1S/C31H28BrN3O3S/c1-19-4-9-23(10-5-19)34-29(36)18-38-30-24(25(32)13-15-27(30)37-3)17-33-22-11-7-21(8-12-22)31-35-26-14-6-20(2)16-28(26)39-31/h4-16,33H,17-18H2,1-3H3,(H,34,36). The number of rotatable bonds is 9. The summed E-state index contributed by atoms with van der Waals surface area (Å²) in [5, 5.41) is 7.32. The summed E-state index contributed by atoms with van der Waals surface area (Å²) >= 11 is 5.33. The second-order valence-corrected chi connectivity index (χ2v) is 11.1. The molecule has 1 aromatic heterocycles. The number of amides is 1. The number of thiazole rings is 1. The molecule has 0 fully saturated rings. The van der Waals surface area contributed by atoms with Crippen molar-refractivity contribution in [1.29, 1.82) is 0 Å². The number of methoxy groups -OCH3 is 1. The van der Waals surface area contributed by atoms with Crippen LogP contribution < -0.4 is 20.1 Å². The fraction of sp³-hybridized carbons (Fsp3) is 0.161. The van der Waals surface area contributed by atoms with Crippen molar-refractivity contribution in [2.45, 2.75) is 20.4 Å². The van der Waals surface area contributed by atoms with Crippen LogP contribution in [0.25, 0.3) is 20.8 Å². The largest absolute Gasteiger partial charge is 0.493 e. The predicted octanol–water partition coefficient (Wildman–Crippen LogP) is 7.98.